The second kappa shape index (κ2) is 7.51. The third-order valence-corrected chi connectivity index (χ3v) is 7.73. The molecule has 0 bridgehead atoms. The van der Waals surface area contributed by atoms with E-state index < -0.39 is 0 Å². The quantitative estimate of drug-likeness (QED) is 0.820. The van der Waals surface area contributed by atoms with Crippen LogP contribution in [0.2, 0.25) is 0 Å². The van der Waals surface area contributed by atoms with Crippen molar-refractivity contribution in [1.29, 1.82) is 0 Å². The molecule has 1 aromatic heterocycles. The Kier molecular flexibility index (Phi) is 5.26. The van der Waals surface area contributed by atoms with Gasteiger partial charge in [0.1, 0.15) is 0 Å². The topological polar surface area (TPSA) is 53.4 Å². The van der Waals surface area contributed by atoms with E-state index in [0.29, 0.717) is 6.42 Å². The van der Waals surface area contributed by atoms with Gasteiger partial charge in [0.2, 0.25) is 5.91 Å². The van der Waals surface area contributed by atoms with Crippen molar-refractivity contribution >= 4 is 27.5 Å². The van der Waals surface area contributed by atoms with Gasteiger partial charge in [-0.1, -0.05) is 31.4 Å². The lowest BCUT2D eigenvalue weighted by Crippen LogP contribution is -2.49. The number of para-hydroxylation sites is 1. The Morgan fingerprint density at radius 1 is 1.19 bits per heavy atom. The molecule has 1 aliphatic carbocycles. The largest absolute Gasteiger partial charge is 0.394 e. The molecule has 27 heavy (non-hydrogen) atoms. The molecular weight excluding hydrogens is 356 g/mol. The van der Waals surface area contributed by atoms with E-state index in [2.05, 4.69) is 18.2 Å². The summed E-state index contributed by atoms with van der Waals surface area (Å²) in [5, 5.41) is 11.0. The molecule has 2 fully saturated rings. The zero-order chi connectivity index (χ0) is 18.9. The summed E-state index contributed by atoms with van der Waals surface area (Å²) in [6.45, 7) is 2.87. The number of benzene rings is 1. The first kappa shape index (κ1) is 18.9. The first-order chi connectivity index (χ1) is 13.0. The predicted molar refractivity (Wildman–Crippen MR) is 110 cm³/mol. The minimum atomic E-state index is -0.372. The summed E-state index contributed by atoms with van der Waals surface area (Å²) in [6.07, 6.45) is 9.30. The molecule has 1 amide bonds. The van der Waals surface area contributed by atoms with E-state index in [9.17, 15) is 9.90 Å². The Morgan fingerprint density at radius 2 is 1.96 bits per heavy atom. The predicted octanol–water partition coefficient (Wildman–Crippen LogP) is 4.55. The average molecular weight is 387 g/mol. The van der Waals surface area contributed by atoms with Crippen molar-refractivity contribution < 1.29 is 9.90 Å². The molecule has 0 spiro atoms. The number of rotatable bonds is 5. The van der Waals surface area contributed by atoms with Crippen LogP contribution < -0.4 is 0 Å². The van der Waals surface area contributed by atoms with Crippen LogP contribution in [-0.4, -0.2) is 39.6 Å². The fourth-order valence-electron chi connectivity index (χ4n) is 5.06. The molecule has 1 unspecified atom stereocenters. The second-order valence-electron chi connectivity index (χ2n) is 8.79. The molecule has 1 atom stereocenters. The maximum Gasteiger partial charge on any atom is 0.223 e. The number of aromatic nitrogens is 1. The van der Waals surface area contributed by atoms with Crippen LogP contribution in [0.15, 0.2) is 24.3 Å². The van der Waals surface area contributed by atoms with Gasteiger partial charge < -0.3 is 10.0 Å². The van der Waals surface area contributed by atoms with Gasteiger partial charge in [-0.3, -0.25) is 4.79 Å². The van der Waals surface area contributed by atoms with Crippen LogP contribution in [0.5, 0.6) is 0 Å². The number of hydrogen-bond donors (Lipinski definition) is 1. The second-order valence-corrected chi connectivity index (χ2v) is 9.91. The van der Waals surface area contributed by atoms with Gasteiger partial charge in [-0.25, -0.2) is 4.98 Å². The summed E-state index contributed by atoms with van der Waals surface area (Å²) in [7, 11) is 0. The summed E-state index contributed by atoms with van der Waals surface area (Å²) in [6, 6.07) is 8.30. The molecule has 2 aliphatic rings. The zero-order valence-electron chi connectivity index (χ0n) is 16.2. The van der Waals surface area contributed by atoms with Crippen LogP contribution in [0, 0.1) is 5.41 Å². The third-order valence-electron chi connectivity index (χ3n) is 6.70. The average Bonchev–Trinajstić information content (AvgIpc) is 3.25. The molecule has 2 heterocycles. The highest BCUT2D eigenvalue weighted by atomic mass is 32.1. The smallest absolute Gasteiger partial charge is 0.223 e. The zero-order valence-corrected chi connectivity index (χ0v) is 17.1. The summed E-state index contributed by atoms with van der Waals surface area (Å²) < 4.78 is 1.23. The van der Waals surface area contributed by atoms with E-state index in [4.69, 9.17) is 4.98 Å². The van der Waals surface area contributed by atoms with Gasteiger partial charge in [0, 0.05) is 19.4 Å². The Labute approximate surface area is 165 Å². The summed E-state index contributed by atoms with van der Waals surface area (Å²) >= 11 is 1.78. The molecule has 0 radical (unpaired) electrons. The Hall–Kier alpha value is -1.46. The van der Waals surface area contributed by atoms with Crippen LogP contribution in [0.25, 0.3) is 10.2 Å². The number of carbonyl (C=O) groups excluding carboxylic acids is 1. The molecule has 1 aromatic carbocycles. The molecule has 146 valence electrons. The van der Waals surface area contributed by atoms with Crippen LogP contribution in [0.4, 0.5) is 0 Å². The number of aliphatic hydroxyl groups excluding tert-OH is 1. The Morgan fingerprint density at radius 3 is 2.70 bits per heavy atom. The van der Waals surface area contributed by atoms with E-state index in [0.717, 1.165) is 49.2 Å². The van der Waals surface area contributed by atoms with Gasteiger partial charge in [0.15, 0.2) is 0 Å². The fourth-order valence-corrected chi connectivity index (χ4v) is 6.20. The summed E-state index contributed by atoms with van der Waals surface area (Å²) in [5.41, 5.74) is 0.729. The molecule has 2 aromatic rings. The van der Waals surface area contributed by atoms with Crippen molar-refractivity contribution in [3.05, 3.63) is 29.3 Å². The summed E-state index contributed by atoms with van der Waals surface area (Å²) in [4.78, 5) is 20.1. The van der Waals surface area contributed by atoms with Gasteiger partial charge in [-0.2, -0.15) is 0 Å². The fraction of sp³-hybridized carbons (Fsp3) is 0.636. The van der Waals surface area contributed by atoms with Gasteiger partial charge in [-0.05, 0) is 50.2 Å². The van der Waals surface area contributed by atoms with E-state index in [1.54, 1.807) is 11.3 Å². The van der Waals surface area contributed by atoms with Crippen molar-refractivity contribution in [3.8, 4) is 0 Å². The normalized spacial score (nSPS) is 25.2. The lowest BCUT2D eigenvalue weighted by Gasteiger charge is -2.40. The van der Waals surface area contributed by atoms with Gasteiger partial charge in [-0.15, -0.1) is 11.3 Å². The third kappa shape index (κ3) is 3.77. The van der Waals surface area contributed by atoms with E-state index >= 15 is 0 Å². The highest BCUT2D eigenvalue weighted by Crippen LogP contribution is 2.44. The number of aliphatic hydroxyl groups is 1. The molecule has 4 nitrogen and oxygen atoms in total. The first-order valence-electron chi connectivity index (χ1n) is 10.3. The van der Waals surface area contributed by atoms with Crippen molar-refractivity contribution in [3.63, 3.8) is 0 Å². The van der Waals surface area contributed by atoms with E-state index in [1.165, 1.54) is 24.0 Å². The van der Waals surface area contributed by atoms with E-state index in [1.807, 2.05) is 17.9 Å². The summed E-state index contributed by atoms with van der Waals surface area (Å²) in [5.74, 6) is 0.229. The van der Waals surface area contributed by atoms with Crippen LogP contribution in [0.3, 0.4) is 0 Å². The molecule has 5 heteroatoms. The van der Waals surface area contributed by atoms with Gasteiger partial charge >= 0.3 is 0 Å². The lowest BCUT2D eigenvalue weighted by molar-refractivity contribution is -0.139. The number of nitrogens with zero attached hydrogens (tertiary/aromatic N) is 2. The SMILES string of the molecule is CC1(CO)CCCN1C(=O)CC1(Cc2nc3ccccc3s2)CCCCC1. The molecular formula is C22H30N2O2S. The molecule has 4 rings (SSSR count). The molecule has 1 saturated carbocycles. The monoisotopic (exact) mass is 386 g/mol. The molecule has 1 N–H and O–H groups in total. The number of fused-ring (bicyclic) bond motifs is 1. The van der Waals surface area contributed by atoms with Crippen molar-refractivity contribution in [2.45, 2.75) is 70.3 Å². The van der Waals surface area contributed by atoms with Crippen molar-refractivity contribution in [1.82, 2.24) is 9.88 Å². The molecule has 1 aliphatic heterocycles. The maximum atomic E-state index is 13.3. The van der Waals surface area contributed by atoms with Crippen LogP contribution in [-0.2, 0) is 11.2 Å². The minimum absolute atomic E-state index is 0.0299. The van der Waals surface area contributed by atoms with Crippen molar-refractivity contribution in [2.75, 3.05) is 13.2 Å². The lowest BCUT2D eigenvalue weighted by atomic mass is 9.69. The molecule has 1 saturated heterocycles. The maximum absolute atomic E-state index is 13.3. The number of hydrogen-bond acceptors (Lipinski definition) is 4. The number of amides is 1. The Bertz CT molecular complexity index is 779. The number of thiazole rings is 1. The number of carbonyl (C=O) groups is 1. The highest BCUT2D eigenvalue weighted by Gasteiger charge is 2.43. The van der Waals surface area contributed by atoms with Gasteiger partial charge in [0.25, 0.3) is 0 Å². The van der Waals surface area contributed by atoms with Crippen LogP contribution >= 0.6 is 11.3 Å². The first-order valence-corrected chi connectivity index (χ1v) is 11.1. The van der Waals surface area contributed by atoms with E-state index in [-0.39, 0.29) is 23.5 Å². The van der Waals surface area contributed by atoms with Gasteiger partial charge in [0.05, 0.1) is 27.4 Å². The Balaban J connectivity index is 1.55. The minimum Gasteiger partial charge on any atom is -0.394 e. The van der Waals surface area contributed by atoms with Crippen LogP contribution in [0.1, 0.15) is 63.3 Å². The van der Waals surface area contributed by atoms with Crippen molar-refractivity contribution in [2.24, 2.45) is 5.41 Å². The highest BCUT2D eigenvalue weighted by molar-refractivity contribution is 7.18. The number of likely N-dealkylation sites (tertiary alicyclic amines) is 1. The standard InChI is InChI=1S/C22H30N2O2S/c1-21(16-25)10-7-13-24(21)20(26)15-22(11-5-2-6-12-22)14-19-23-17-8-3-4-9-18(17)27-19/h3-4,8-9,25H,2,5-7,10-16H2,1H3.